The van der Waals surface area contributed by atoms with Gasteiger partial charge in [-0.1, -0.05) is 19.3 Å². The Morgan fingerprint density at radius 1 is 1.18 bits per heavy atom. The summed E-state index contributed by atoms with van der Waals surface area (Å²) >= 11 is 0. The van der Waals surface area contributed by atoms with Gasteiger partial charge in [0.25, 0.3) is 0 Å². The first-order valence-electron chi connectivity index (χ1n) is 8.75. The van der Waals surface area contributed by atoms with Crippen molar-refractivity contribution in [1.29, 1.82) is 0 Å². The van der Waals surface area contributed by atoms with Crippen LogP contribution in [0.5, 0.6) is 0 Å². The maximum Gasteiger partial charge on any atom is 0.191 e. The van der Waals surface area contributed by atoms with Crippen LogP contribution in [0.2, 0.25) is 0 Å². The topological polar surface area (TPSA) is 67.1 Å². The third-order valence-electron chi connectivity index (χ3n) is 4.75. The fourth-order valence-electron chi connectivity index (χ4n) is 3.48. The summed E-state index contributed by atoms with van der Waals surface area (Å²) in [5.74, 6) is 3.20. The third-order valence-corrected chi connectivity index (χ3v) is 4.75. The molecule has 122 valence electrons. The summed E-state index contributed by atoms with van der Waals surface area (Å²) in [7, 11) is 1.84. The molecule has 0 amide bonds. The van der Waals surface area contributed by atoms with Gasteiger partial charge in [-0.2, -0.15) is 0 Å². The van der Waals surface area contributed by atoms with Crippen LogP contribution in [-0.4, -0.2) is 40.4 Å². The van der Waals surface area contributed by atoms with Crippen LogP contribution in [0, 0.1) is 0 Å². The standard InChI is InChI=1S/C16H28N6/c1-17-16(19-13-7-4-5-8-13)18-11-10-15-21-20-14-9-3-2-6-12-22(14)15/h13H,2-12H2,1H3,(H2,17,18,19). The molecule has 2 N–H and O–H groups in total. The number of nitrogens with zero attached hydrogens (tertiary/aromatic N) is 4. The zero-order valence-corrected chi connectivity index (χ0v) is 13.6. The molecule has 0 unspecified atom stereocenters. The molecular weight excluding hydrogens is 276 g/mol. The lowest BCUT2D eigenvalue weighted by Crippen LogP contribution is -2.43. The van der Waals surface area contributed by atoms with Gasteiger partial charge in [-0.25, -0.2) is 0 Å². The molecule has 0 saturated heterocycles. The molecule has 22 heavy (non-hydrogen) atoms. The summed E-state index contributed by atoms with van der Waals surface area (Å²) in [5.41, 5.74) is 0. The quantitative estimate of drug-likeness (QED) is 0.656. The summed E-state index contributed by atoms with van der Waals surface area (Å²) in [6.07, 6.45) is 11.0. The Morgan fingerprint density at radius 2 is 2.05 bits per heavy atom. The van der Waals surface area contributed by atoms with Crippen molar-refractivity contribution in [2.24, 2.45) is 4.99 Å². The molecule has 0 bridgehead atoms. The molecule has 0 aromatic carbocycles. The molecule has 0 spiro atoms. The second-order valence-corrected chi connectivity index (χ2v) is 6.37. The number of guanidine groups is 1. The van der Waals surface area contributed by atoms with Gasteiger partial charge < -0.3 is 15.2 Å². The molecule has 1 fully saturated rings. The summed E-state index contributed by atoms with van der Waals surface area (Å²) in [5, 5.41) is 15.7. The Balaban J connectivity index is 1.49. The maximum atomic E-state index is 4.38. The van der Waals surface area contributed by atoms with Crippen LogP contribution in [0.3, 0.4) is 0 Å². The minimum atomic E-state index is 0.593. The van der Waals surface area contributed by atoms with E-state index in [1.54, 1.807) is 0 Å². The summed E-state index contributed by atoms with van der Waals surface area (Å²) in [6.45, 7) is 1.93. The highest BCUT2D eigenvalue weighted by atomic mass is 15.3. The van der Waals surface area contributed by atoms with Crippen molar-refractivity contribution in [3.05, 3.63) is 11.6 Å². The minimum Gasteiger partial charge on any atom is -0.356 e. The lowest BCUT2D eigenvalue weighted by Gasteiger charge is -2.16. The molecule has 6 heteroatoms. The molecule has 0 radical (unpaired) electrons. The van der Waals surface area contributed by atoms with Gasteiger partial charge >= 0.3 is 0 Å². The van der Waals surface area contributed by atoms with E-state index in [9.17, 15) is 0 Å². The van der Waals surface area contributed by atoms with E-state index in [0.717, 1.165) is 37.7 Å². The first kappa shape index (κ1) is 15.3. The number of hydrogen-bond donors (Lipinski definition) is 2. The highest BCUT2D eigenvalue weighted by molar-refractivity contribution is 5.79. The Hall–Kier alpha value is -1.59. The number of hydrogen-bond acceptors (Lipinski definition) is 3. The van der Waals surface area contributed by atoms with Crippen molar-refractivity contribution >= 4 is 5.96 Å². The number of nitrogens with one attached hydrogen (secondary N) is 2. The van der Waals surface area contributed by atoms with Gasteiger partial charge in [0.2, 0.25) is 0 Å². The van der Waals surface area contributed by atoms with E-state index < -0.39 is 0 Å². The van der Waals surface area contributed by atoms with Gasteiger partial charge in [-0.05, 0) is 25.7 Å². The molecule has 1 saturated carbocycles. The van der Waals surface area contributed by atoms with Crippen molar-refractivity contribution in [3.63, 3.8) is 0 Å². The van der Waals surface area contributed by atoms with Crippen LogP contribution in [0.15, 0.2) is 4.99 Å². The molecule has 1 aliphatic carbocycles. The average molecular weight is 304 g/mol. The summed E-state index contributed by atoms with van der Waals surface area (Å²) in [6, 6.07) is 0.593. The number of aromatic nitrogens is 3. The molecule has 3 rings (SSSR count). The van der Waals surface area contributed by atoms with E-state index in [2.05, 4.69) is 30.4 Å². The zero-order chi connectivity index (χ0) is 15.2. The molecule has 6 nitrogen and oxygen atoms in total. The largest absolute Gasteiger partial charge is 0.356 e. The van der Waals surface area contributed by atoms with Crippen LogP contribution < -0.4 is 10.6 Å². The highest BCUT2D eigenvalue weighted by Crippen LogP contribution is 2.17. The van der Waals surface area contributed by atoms with Crippen LogP contribution in [-0.2, 0) is 19.4 Å². The minimum absolute atomic E-state index is 0.593. The highest BCUT2D eigenvalue weighted by Gasteiger charge is 2.17. The first-order valence-corrected chi connectivity index (χ1v) is 8.75. The van der Waals surface area contributed by atoms with E-state index in [1.165, 1.54) is 50.8 Å². The van der Waals surface area contributed by atoms with Gasteiger partial charge in [-0.15, -0.1) is 10.2 Å². The molecule has 1 aromatic rings. The van der Waals surface area contributed by atoms with Gasteiger partial charge in [0.15, 0.2) is 5.96 Å². The predicted octanol–water partition coefficient (Wildman–Crippen LogP) is 1.65. The van der Waals surface area contributed by atoms with Crippen molar-refractivity contribution in [2.45, 2.75) is 70.4 Å². The van der Waals surface area contributed by atoms with E-state index in [1.807, 2.05) is 7.05 Å². The van der Waals surface area contributed by atoms with Crippen molar-refractivity contribution in [1.82, 2.24) is 25.4 Å². The van der Waals surface area contributed by atoms with Gasteiger partial charge in [-0.3, -0.25) is 4.99 Å². The monoisotopic (exact) mass is 304 g/mol. The Kier molecular flexibility index (Phi) is 5.29. The summed E-state index contributed by atoms with van der Waals surface area (Å²) in [4.78, 5) is 4.32. The van der Waals surface area contributed by atoms with Crippen LogP contribution >= 0.6 is 0 Å². The van der Waals surface area contributed by atoms with Crippen LogP contribution in [0.1, 0.15) is 56.6 Å². The predicted molar refractivity (Wildman–Crippen MR) is 88.0 cm³/mol. The number of rotatable bonds is 4. The normalized spacial score (nSPS) is 19.8. The van der Waals surface area contributed by atoms with Crippen LogP contribution in [0.25, 0.3) is 0 Å². The fraction of sp³-hybridized carbons (Fsp3) is 0.812. The number of aryl methyl sites for hydroxylation is 1. The second-order valence-electron chi connectivity index (χ2n) is 6.37. The Bertz CT molecular complexity index is 501. The van der Waals surface area contributed by atoms with E-state index >= 15 is 0 Å². The number of aliphatic imine (C=N–C) groups is 1. The van der Waals surface area contributed by atoms with E-state index in [-0.39, 0.29) is 0 Å². The zero-order valence-electron chi connectivity index (χ0n) is 13.6. The first-order chi connectivity index (χ1) is 10.9. The summed E-state index contributed by atoms with van der Waals surface area (Å²) < 4.78 is 2.32. The van der Waals surface area contributed by atoms with Gasteiger partial charge in [0.1, 0.15) is 11.6 Å². The molecule has 2 aliphatic rings. The van der Waals surface area contributed by atoms with Crippen LogP contribution in [0.4, 0.5) is 0 Å². The fourth-order valence-corrected chi connectivity index (χ4v) is 3.48. The smallest absolute Gasteiger partial charge is 0.191 e. The van der Waals surface area contributed by atoms with Gasteiger partial charge in [0, 0.05) is 39.0 Å². The molecule has 1 aromatic heterocycles. The van der Waals surface area contributed by atoms with Gasteiger partial charge in [0.05, 0.1) is 0 Å². The van der Waals surface area contributed by atoms with E-state index in [0.29, 0.717) is 6.04 Å². The third kappa shape index (κ3) is 3.78. The number of fused-ring (bicyclic) bond motifs is 1. The lowest BCUT2D eigenvalue weighted by atomic mass is 10.2. The van der Waals surface area contributed by atoms with Crippen molar-refractivity contribution in [2.75, 3.05) is 13.6 Å². The average Bonchev–Trinajstić information content (AvgIpc) is 3.11. The Labute approximate surface area is 132 Å². The van der Waals surface area contributed by atoms with E-state index in [4.69, 9.17) is 0 Å². The maximum absolute atomic E-state index is 4.38. The molecule has 1 aliphatic heterocycles. The lowest BCUT2D eigenvalue weighted by molar-refractivity contribution is 0.593. The SMILES string of the molecule is CN=C(NCCc1nnc2n1CCCCC2)NC1CCCC1. The molecule has 2 heterocycles. The second kappa shape index (κ2) is 7.61. The Morgan fingerprint density at radius 3 is 2.86 bits per heavy atom. The molecule has 0 atom stereocenters. The van der Waals surface area contributed by atoms with Crippen molar-refractivity contribution in [3.8, 4) is 0 Å². The molecular formula is C16H28N6. The van der Waals surface area contributed by atoms with Crippen molar-refractivity contribution < 1.29 is 0 Å².